The van der Waals surface area contributed by atoms with Crippen LogP contribution in [0.1, 0.15) is 48.6 Å². The predicted octanol–water partition coefficient (Wildman–Crippen LogP) is 4.32. The van der Waals surface area contributed by atoms with Gasteiger partial charge in [0.15, 0.2) is 5.78 Å². The number of hydrogen-bond donors (Lipinski definition) is 0. The molecule has 0 N–H and O–H groups in total. The predicted molar refractivity (Wildman–Crippen MR) is 86.0 cm³/mol. The van der Waals surface area contributed by atoms with E-state index in [-0.39, 0.29) is 5.78 Å². The number of imidazole rings is 1. The molecule has 2 rings (SSSR count). The molecule has 4 heteroatoms. The van der Waals surface area contributed by atoms with Crippen LogP contribution in [0.15, 0.2) is 30.5 Å². The summed E-state index contributed by atoms with van der Waals surface area (Å²) in [6.07, 6.45) is 4.71. The van der Waals surface area contributed by atoms with Crippen molar-refractivity contribution in [2.75, 3.05) is 0 Å². The van der Waals surface area contributed by atoms with E-state index in [9.17, 15) is 4.79 Å². The molecule has 0 fully saturated rings. The van der Waals surface area contributed by atoms with E-state index in [0.29, 0.717) is 6.42 Å². The van der Waals surface area contributed by atoms with Crippen LogP contribution in [0.3, 0.4) is 0 Å². The van der Waals surface area contributed by atoms with Gasteiger partial charge >= 0.3 is 0 Å². The van der Waals surface area contributed by atoms with E-state index in [1.54, 1.807) is 6.20 Å². The van der Waals surface area contributed by atoms with Gasteiger partial charge < -0.3 is 4.57 Å². The molecule has 3 nitrogen and oxygen atoms in total. The molecule has 0 aliphatic heterocycles. The summed E-state index contributed by atoms with van der Waals surface area (Å²) in [7, 11) is 0. The molecule has 1 aromatic heterocycles. The van der Waals surface area contributed by atoms with Gasteiger partial charge in [-0.3, -0.25) is 4.79 Å². The maximum atomic E-state index is 12.3. The Hall–Kier alpha value is -1.61. The third kappa shape index (κ3) is 3.73. The Labute approximate surface area is 131 Å². The number of carbonyl (C=O) groups is 1. The first-order valence-corrected chi connectivity index (χ1v) is 7.86. The van der Waals surface area contributed by atoms with Gasteiger partial charge in [0.2, 0.25) is 0 Å². The second-order valence-electron chi connectivity index (χ2n) is 5.03. The van der Waals surface area contributed by atoms with E-state index in [4.69, 9.17) is 11.6 Å². The Morgan fingerprint density at radius 3 is 2.71 bits per heavy atom. The molecule has 0 saturated carbocycles. The van der Waals surface area contributed by atoms with Gasteiger partial charge in [-0.2, -0.15) is 0 Å². The molecule has 112 valence electrons. The summed E-state index contributed by atoms with van der Waals surface area (Å²) in [5.74, 6) is 1.14. The lowest BCUT2D eigenvalue weighted by molar-refractivity contribution is 0.0971. The highest BCUT2D eigenvalue weighted by atomic mass is 35.5. The molecule has 0 atom stereocenters. The van der Waals surface area contributed by atoms with E-state index in [0.717, 1.165) is 47.9 Å². The third-order valence-electron chi connectivity index (χ3n) is 3.66. The first-order chi connectivity index (χ1) is 10.2. The summed E-state index contributed by atoms with van der Waals surface area (Å²) in [4.78, 5) is 16.7. The van der Waals surface area contributed by atoms with Gasteiger partial charge in [-0.25, -0.2) is 4.98 Å². The summed E-state index contributed by atoms with van der Waals surface area (Å²) >= 11 is 6.13. The minimum atomic E-state index is 0.163. The Morgan fingerprint density at radius 2 is 2.05 bits per heavy atom. The van der Waals surface area contributed by atoms with Crippen molar-refractivity contribution < 1.29 is 4.79 Å². The molecule has 21 heavy (non-hydrogen) atoms. The van der Waals surface area contributed by atoms with Crippen LogP contribution in [0.5, 0.6) is 0 Å². The molecule has 0 bridgehead atoms. The lowest BCUT2D eigenvalue weighted by atomic mass is 10.1. The van der Waals surface area contributed by atoms with Crippen molar-refractivity contribution in [3.8, 4) is 0 Å². The molecule has 0 saturated heterocycles. The number of hydrogen-bond acceptors (Lipinski definition) is 2. The van der Waals surface area contributed by atoms with Gasteiger partial charge in [0, 0.05) is 24.4 Å². The monoisotopic (exact) mass is 304 g/mol. The first-order valence-electron chi connectivity index (χ1n) is 7.48. The molecular weight excluding hydrogens is 284 g/mol. The number of ketones is 1. The van der Waals surface area contributed by atoms with Gasteiger partial charge in [-0.05, 0) is 31.4 Å². The molecule has 0 amide bonds. The summed E-state index contributed by atoms with van der Waals surface area (Å²) in [5.41, 5.74) is 1.83. The van der Waals surface area contributed by atoms with Crippen LogP contribution in [-0.4, -0.2) is 15.3 Å². The van der Waals surface area contributed by atoms with Gasteiger partial charge in [0.05, 0.1) is 6.20 Å². The zero-order valence-corrected chi connectivity index (χ0v) is 13.4. The quantitative estimate of drug-likeness (QED) is 0.714. The fourth-order valence-corrected chi connectivity index (χ4v) is 2.77. The van der Waals surface area contributed by atoms with Crippen molar-refractivity contribution in [2.24, 2.45) is 0 Å². The summed E-state index contributed by atoms with van der Waals surface area (Å²) in [6.45, 7) is 4.89. The molecule has 1 aromatic carbocycles. The fraction of sp³-hybridized carbons (Fsp3) is 0.412. The zero-order chi connectivity index (χ0) is 15.2. The van der Waals surface area contributed by atoms with Crippen LogP contribution in [0, 0.1) is 0 Å². The third-order valence-corrected chi connectivity index (χ3v) is 4.03. The van der Waals surface area contributed by atoms with Crippen LogP contribution in [0.2, 0.25) is 5.02 Å². The minimum absolute atomic E-state index is 0.163. The van der Waals surface area contributed by atoms with E-state index < -0.39 is 0 Å². The van der Waals surface area contributed by atoms with Crippen LogP contribution >= 0.6 is 11.6 Å². The minimum Gasteiger partial charge on any atom is -0.326 e. The summed E-state index contributed by atoms with van der Waals surface area (Å²) in [5, 5.41) is 0.775. The molecule has 2 aromatic rings. The second kappa shape index (κ2) is 7.41. The molecular formula is C17H21ClN2O. The van der Waals surface area contributed by atoms with Crippen molar-refractivity contribution >= 4 is 17.4 Å². The number of aryl methyl sites for hydroxylation is 2. The van der Waals surface area contributed by atoms with E-state index in [1.807, 2.05) is 35.8 Å². The highest BCUT2D eigenvalue weighted by Crippen LogP contribution is 2.18. The largest absolute Gasteiger partial charge is 0.326 e. The highest BCUT2D eigenvalue weighted by molar-refractivity contribution is 6.31. The SMILES string of the molecule is CCc1ncc(C(=O)CCCc2ccccc2Cl)n1CC. The maximum Gasteiger partial charge on any atom is 0.180 e. The number of carbonyl (C=O) groups excluding carboxylic acids is 1. The Balaban J connectivity index is 1.96. The lowest BCUT2D eigenvalue weighted by Crippen LogP contribution is -2.10. The highest BCUT2D eigenvalue weighted by Gasteiger charge is 2.14. The van der Waals surface area contributed by atoms with Crippen molar-refractivity contribution in [3.05, 3.63) is 52.6 Å². The van der Waals surface area contributed by atoms with E-state index in [1.165, 1.54) is 0 Å². The fourth-order valence-electron chi connectivity index (χ4n) is 2.54. The lowest BCUT2D eigenvalue weighted by Gasteiger charge is -2.08. The number of rotatable bonds is 7. The second-order valence-corrected chi connectivity index (χ2v) is 5.43. The Bertz CT molecular complexity index is 619. The number of nitrogens with zero attached hydrogens (tertiary/aromatic N) is 2. The Morgan fingerprint density at radius 1 is 1.29 bits per heavy atom. The number of aromatic nitrogens is 2. The normalized spacial score (nSPS) is 10.8. The van der Waals surface area contributed by atoms with Crippen molar-refractivity contribution in [1.82, 2.24) is 9.55 Å². The smallest absolute Gasteiger partial charge is 0.180 e. The van der Waals surface area contributed by atoms with Gasteiger partial charge in [0.25, 0.3) is 0 Å². The summed E-state index contributed by atoms with van der Waals surface area (Å²) < 4.78 is 2.01. The van der Waals surface area contributed by atoms with E-state index >= 15 is 0 Å². The molecule has 0 aliphatic rings. The van der Waals surface area contributed by atoms with E-state index in [2.05, 4.69) is 11.9 Å². The van der Waals surface area contributed by atoms with Crippen molar-refractivity contribution in [1.29, 1.82) is 0 Å². The van der Waals surface area contributed by atoms with Gasteiger partial charge in [0.1, 0.15) is 11.5 Å². The van der Waals surface area contributed by atoms with Crippen LogP contribution in [0.25, 0.3) is 0 Å². The topological polar surface area (TPSA) is 34.9 Å². The standard InChI is InChI=1S/C17H21ClN2O/c1-3-17-19-12-15(20(17)4-2)16(21)11-7-9-13-8-5-6-10-14(13)18/h5-6,8,10,12H,3-4,7,9,11H2,1-2H3. The first kappa shape index (κ1) is 15.8. The molecule has 0 radical (unpaired) electrons. The average molecular weight is 305 g/mol. The van der Waals surface area contributed by atoms with Gasteiger partial charge in [-0.1, -0.05) is 36.7 Å². The zero-order valence-electron chi connectivity index (χ0n) is 12.6. The summed E-state index contributed by atoms with van der Waals surface area (Å²) in [6, 6.07) is 7.79. The van der Waals surface area contributed by atoms with Crippen molar-refractivity contribution in [3.63, 3.8) is 0 Å². The van der Waals surface area contributed by atoms with Crippen LogP contribution < -0.4 is 0 Å². The maximum absolute atomic E-state index is 12.3. The number of benzene rings is 1. The molecule has 0 aliphatic carbocycles. The molecule has 0 spiro atoms. The average Bonchev–Trinajstić information content (AvgIpc) is 2.92. The number of halogens is 1. The van der Waals surface area contributed by atoms with Crippen LogP contribution in [0.4, 0.5) is 0 Å². The molecule has 1 heterocycles. The van der Waals surface area contributed by atoms with Crippen LogP contribution in [-0.2, 0) is 19.4 Å². The van der Waals surface area contributed by atoms with Gasteiger partial charge in [-0.15, -0.1) is 0 Å². The Kier molecular flexibility index (Phi) is 5.57. The molecule has 0 unspecified atom stereocenters. The number of Topliss-reactive ketones (excluding diaryl/α,β-unsaturated/α-hetero) is 1. The van der Waals surface area contributed by atoms with Crippen molar-refractivity contribution in [2.45, 2.75) is 46.1 Å².